The topological polar surface area (TPSA) is 29.5 Å². The van der Waals surface area contributed by atoms with Gasteiger partial charge in [-0.15, -0.1) is 0 Å². The standard InChI is InChI=1S/C17H26O2/c1-3-13-6-5-7-16(12-13)19-15-10-8-14(9-11-15)17(18)4-2/h8-11,13,16-18H,3-7,12H2,1-2H3/t13?,16?,17-/m1/s1. The monoisotopic (exact) mass is 262 g/mol. The van der Waals surface area contributed by atoms with E-state index in [2.05, 4.69) is 6.92 Å². The first-order chi connectivity index (χ1) is 9.22. The lowest BCUT2D eigenvalue weighted by molar-refractivity contribution is 0.122. The highest BCUT2D eigenvalue weighted by Crippen LogP contribution is 2.30. The van der Waals surface area contributed by atoms with Crippen molar-refractivity contribution < 1.29 is 9.84 Å². The molecule has 2 nitrogen and oxygen atoms in total. The molecule has 106 valence electrons. The Balaban J connectivity index is 1.92. The van der Waals surface area contributed by atoms with E-state index in [0.717, 1.165) is 23.7 Å². The van der Waals surface area contributed by atoms with Gasteiger partial charge in [-0.1, -0.05) is 38.8 Å². The van der Waals surface area contributed by atoms with Crippen LogP contribution >= 0.6 is 0 Å². The van der Waals surface area contributed by atoms with Gasteiger partial charge in [0.2, 0.25) is 0 Å². The number of hydrogen-bond acceptors (Lipinski definition) is 2. The van der Waals surface area contributed by atoms with Crippen molar-refractivity contribution in [3.05, 3.63) is 29.8 Å². The summed E-state index contributed by atoms with van der Waals surface area (Å²) in [5, 5.41) is 9.77. The maximum Gasteiger partial charge on any atom is 0.119 e. The minimum absolute atomic E-state index is 0.354. The van der Waals surface area contributed by atoms with Crippen LogP contribution in [-0.4, -0.2) is 11.2 Å². The highest BCUT2D eigenvalue weighted by atomic mass is 16.5. The summed E-state index contributed by atoms with van der Waals surface area (Å²) in [6.45, 7) is 4.26. The fourth-order valence-electron chi connectivity index (χ4n) is 2.92. The average Bonchev–Trinajstić information content (AvgIpc) is 2.47. The van der Waals surface area contributed by atoms with Gasteiger partial charge in [-0.05, 0) is 49.3 Å². The van der Waals surface area contributed by atoms with E-state index in [4.69, 9.17) is 4.74 Å². The second-order valence-electron chi connectivity index (χ2n) is 5.67. The van der Waals surface area contributed by atoms with Crippen molar-refractivity contribution in [1.29, 1.82) is 0 Å². The Morgan fingerprint density at radius 2 is 1.95 bits per heavy atom. The zero-order chi connectivity index (χ0) is 13.7. The summed E-state index contributed by atoms with van der Waals surface area (Å²) in [7, 11) is 0. The molecule has 2 heteroatoms. The summed E-state index contributed by atoms with van der Waals surface area (Å²) in [5.74, 6) is 1.77. The van der Waals surface area contributed by atoms with Gasteiger partial charge in [0, 0.05) is 0 Å². The molecule has 1 aromatic rings. The van der Waals surface area contributed by atoms with E-state index in [9.17, 15) is 5.11 Å². The average molecular weight is 262 g/mol. The van der Waals surface area contributed by atoms with Crippen LogP contribution in [0.2, 0.25) is 0 Å². The van der Waals surface area contributed by atoms with Gasteiger partial charge in [0.25, 0.3) is 0 Å². The molecule has 0 aromatic heterocycles. The third-order valence-electron chi connectivity index (χ3n) is 4.27. The van der Waals surface area contributed by atoms with Gasteiger partial charge >= 0.3 is 0 Å². The number of aliphatic hydroxyl groups is 1. The number of aliphatic hydroxyl groups excluding tert-OH is 1. The second kappa shape index (κ2) is 6.95. The van der Waals surface area contributed by atoms with Gasteiger partial charge in [0.05, 0.1) is 12.2 Å². The molecule has 2 rings (SSSR count). The molecule has 0 bridgehead atoms. The van der Waals surface area contributed by atoms with Crippen molar-refractivity contribution >= 4 is 0 Å². The molecule has 0 saturated heterocycles. The van der Waals surface area contributed by atoms with E-state index in [1.165, 1.54) is 32.1 Å². The molecule has 1 fully saturated rings. The first kappa shape index (κ1) is 14.4. The first-order valence-electron chi connectivity index (χ1n) is 7.67. The molecule has 0 amide bonds. The van der Waals surface area contributed by atoms with Crippen LogP contribution in [0.3, 0.4) is 0 Å². The second-order valence-corrected chi connectivity index (χ2v) is 5.67. The Labute approximate surface area is 116 Å². The predicted octanol–water partition coefficient (Wildman–Crippen LogP) is 4.48. The Morgan fingerprint density at radius 1 is 1.21 bits per heavy atom. The van der Waals surface area contributed by atoms with E-state index < -0.39 is 0 Å². The van der Waals surface area contributed by atoms with E-state index in [-0.39, 0.29) is 6.10 Å². The molecule has 1 N–H and O–H groups in total. The number of ether oxygens (including phenoxy) is 1. The van der Waals surface area contributed by atoms with Gasteiger partial charge in [0.1, 0.15) is 5.75 Å². The van der Waals surface area contributed by atoms with Crippen LogP contribution in [0.15, 0.2) is 24.3 Å². The van der Waals surface area contributed by atoms with Crippen LogP contribution in [-0.2, 0) is 0 Å². The van der Waals surface area contributed by atoms with Crippen molar-refractivity contribution in [1.82, 2.24) is 0 Å². The lowest BCUT2D eigenvalue weighted by Crippen LogP contribution is -2.25. The summed E-state index contributed by atoms with van der Waals surface area (Å²) < 4.78 is 6.07. The van der Waals surface area contributed by atoms with E-state index in [0.29, 0.717) is 6.10 Å². The number of hydrogen-bond donors (Lipinski definition) is 1. The Morgan fingerprint density at radius 3 is 2.58 bits per heavy atom. The quantitative estimate of drug-likeness (QED) is 0.848. The summed E-state index contributed by atoms with van der Waals surface area (Å²) in [5.41, 5.74) is 0.977. The van der Waals surface area contributed by atoms with Crippen LogP contribution in [0.25, 0.3) is 0 Å². The Hall–Kier alpha value is -1.02. The maximum absolute atomic E-state index is 9.77. The molecule has 0 heterocycles. The van der Waals surface area contributed by atoms with E-state index in [1.807, 2.05) is 31.2 Å². The normalized spacial score (nSPS) is 25.0. The number of benzene rings is 1. The molecule has 0 spiro atoms. The fourth-order valence-corrected chi connectivity index (χ4v) is 2.92. The third-order valence-corrected chi connectivity index (χ3v) is 4.27. The summed E-state index contributed by atoms with van der Waals surface area (Å²) in [4.78, 5) is 0. The van der Waals surface area contributed by atoms with Gasteiger partial charge in [-0.3, -0.25) is 0 Å². The first-order valence-corrected chi connectivity index (χ1v) is 7.67. The molecule has 19 heavy (non-hydrogen) atoms. The minimum Gasteiger partial charge on any atom is -0.490 e. The Kier molecular flexibility index (Phi) is 5.26. The largest absolute Gasteiger partial charge is 0.490 e. The van der Waals surface area contributed by atoms with Crippen LogP contribution in [0.4, 0.5) is 0 Å². The molecule has 0 aliphatic heterocycles. The molecular formula is C17H26O2. The van der Waals surface area contributed by atoms with Crippen molar-refractivity contribution in [3.63, 3.8) is 0 Å². The van der Waals surface area contributed by atoms with E-state index in [1.54, 1.807) is 0 Å². The lowest BCUT2D eigenvalue weighted by atomic mass is 9.85. The van der Waals surface area contributed by atoms with Crippen molar-refractivity contribution in [2.24, 2.45) is 5.92 Å². The molecule has 0 radical (unpaired) electrons. The number of rotatable bonds is 5. The van der Waals surface area contributed by atoms with E-state index >= 15 is 0 Å². The summed E-state index contributed by atoms with van der Waals surface area (Å²) in [6, 6.07) is 7.93. The predicted molar refractivity (Wildman–Crippen MR) is 78.4 cm³/mol. The zero-order valence-corrected chi connectivity index (χ0v) is 12.1. The van der Waals surface area contributed by atoms with Gasteiger partial charge < -0.3 is 9.84 Å². The highest BCUT2D eigenvalue weighted by Gasteiger charge is 2.22. The SMILES string of the molecule is CCC1CCCC(Oc2ccc([C@H](O)CC)cc2)C1. The lowest BCUT2D eigenvalue weighted by Gasteiger charge is -2.29. The molecular weight excluding hydrogens is 236 g/mol. The van der Waals surface area contributed by atoms with Crippen LogP contribution in [0.5, 0.6) is 5.75 Å². The van der Waals surface area contributed by atoms with Crippen LogP contribution in [0.1, 0.15) is 64.0 Å². The molecule has 2 unspecified atom stereocenters. The summed E-state index contributed by atoms with van der Waals surface area (Å²) >= 11 is 0. The smallest absolute Gasteiger partial charge is 0.119 e. The minimum atomic E-state index is -0.354. The molecule has 1 saturated carbocycles. The van der Waals surface area contributed by atoms with Gasteiger partial charge in [0.15, 0.2) is 0 Å². The third kappa shape index (κ3) is 3.97. The van der Waals surface area contributed by atoms with Crippen LogP contribution in [0, 0.1) is 5.92 Å². The van der Waals surface area contributed by atoms with Crippen molar-refractivity contribution in [3.8, 4) is 5.75 Å². The van der Waals surface area contributed by atoms with Crippen molar-refractivity contribution in [2.45, 2.75) is 64.6 Å². The van der Waals surface area contributed by atoms with Gasteiger partial charge in [-0.25, -0.2) is 0 Å². The molecule has 1 aliphatic rings. The highest BCUT2D eigenvalue weighted by molar-refractivity contribution is 5.28. The van der Waals surface area contributed by atoms with Crippen molar-refractivity contribution in [2.75, 3.05) is 0 Å². The van der Waals surface area contributed by atoms with Crippen LogP contribution < -0.4 is 4.74 Å². The fraction of sp³-hybridized carbons (Fsp3) is 0.647. The van der Waals surface area contributed by atoms with Gasteiger partial charge in [-0.2, -0.15) is 0 Å². The zero-order valence-electron chi connectivity index (χ0n) is 12.1. The molecule has 1 aromatic carbocycles. The molecule has 3 atom stereocenters. The molecule has 1 aliphatic carbocycles. The Bertz CT molecular complexity index is 371. The maximum atomic E-state index is 9.77. The summed E-state index contributed by atoms with van der Waals surface area (Å²) in [6.07, 6.45) is 7.05.